The Morgan fingerprint density at radius 1 is 0.889 bits per heavy atom. The summed E-state index contributed by atoms with van der Waals surface area (Å²) in [5.41, 5.74) is 0. The summed E-state index contributed by atoms with van der Waals surface area (Å²) in [7, 11) is 0. The molecule has 0 aromatic carbocycles. The second-order valence-electron chi connectivity index (χ2n) is 4.27. The van der Waals surface area contributed by atoms with Gasteiger partial charge >= 0.3 is 0 Å². The fourth-order valence-electron chi connectivity index (χ4n) is 1.38. The maximum absolute atomic E-state index is 11.3. The van der Waals surface area contributed by atoms with Crippen molar-refractivity contribution in [2.75, 3.05) is 13.1 Å². The van der Waals surface area contributed by atoms with E-state index in [1.807, 2.05) is 13.8 Å². The van der Waals surface area contributed by atoms with Crippen LogP contribution in [-0.4, -0.2) is 30.7 Å². The summed E-state index contributed by atoms with van der Waals surface area (Å²) in [6, 6.07) is 0. The average molecular weight is 256 g/mol. The molecule has 0 fully saturated rings. The van der Waals surface area contributed by atoms with Gasteiger partial charge in [-0.1, -0.05) is 33.1 Å². The minimum absolute atomic E-state index is 0.123. The van der Waals surface area contributed by atoms with Gasteiger partial charge in [0.25, 0.3) is 5.91 Å². The molecule has 18 heavy (non-hydrogen) atoms. The van der Waals surface area contributed by atoms with Gasteiger partial charge in [0, 0.05) is 13.0 Å². The predicted molar refractivity (Wildman–Crippen MR) is 70.1 cm³/mol. The number of carbonyl (C=O) groups is 3. The van der Waals surface area contributed by atoms with E-state index < -0.39 is 11.7 Å². The minimum Gasteiger partial charge on any atom is -0.355 e. The lowest BCUT2D eigenvalue weighted by atomic mass is 10.1. The topological polar surface area (TPSA) is 75.3 Å². The van der Waals surface area contributed by atoms with E-state index in [1.165, 1.54) is 0 Å². The maximum atomic E-state index is 11.3. The summed E-state index contributed by atoms with van der Waals surface area (Å²) in [5, 5.41) is 5.00. The third-order valence-corrected chi connectivity index (χ3v) is 2.52. The first-order valence-electron chi connectivity index (χ1n) is 6.69. The van der Waals surface area contributed by atoms with Crippen LogP contribution in [-0.2, 0) is 14.4 Å². The van der Waals surface area contributed by atoms with E-state index in [-0.39, 0.29) is 18.9 Å². The Kier molecular flexibility index (Phi) is 9.91. The van der Waals surface area contributed by atoms with Crippen molar-refractivity contribution in [2.45, 2.75) is 52.4 Å². The van der Waals surface area contributed by atoms with E-state index in [0.717, 1.165) is 32.1 Å². The Labute approximate surface area is 109 Å². The van der Waals surface area contributed by atoms with Crippen molar-refractivity contribution in [3.63, 3.8) is 0 Å². The van der Waals surface area contributed by atoms with Gasteiger partial charge in [0.05, 0.1) is 6.54 Å². The molecule has 0 atom stereocenters. The van der Waals surface area contributed by atoms with Crippen LogP contribution in [0.5, 0.6) is 0 Å². The molecule has 0 aromatic rings. The van der Waals surface area contributed by atoms with Crippen molar-refractivity contribution in [3.05, 3.63) is 0 Å². The number of nitrogens with one attached hydrogen (secondary N) is 2. The summed E-state index contributed by atoms with van der Waals surface area (Å²) < 4.78 is 0. The van der Waals surface area contributed by atoms with Crippen LogP contribution >= 0.6 is 0 Å². The molecule has 0 saturated heterocycles. The molecule has 0 aliphatic rings. The summed E-state index contributed by atoms with van der Waals surface area (Å²) in [6.07, 6.45) is 4.85. The Balaban J connectivity index is 3.68. The highest BCUT2D eigenvalue weighted by molar-refractivity contribution is 6.36. The molecule has 0 aromatic heterocycles. The normalized spacial score (nSPS) is 9.89. The molecule has 0 spiro atoms. The van der Waals surface area contributed by atoms with Gasteiger partial charge < -0.3 is 10.6 Å². The van der Waals surface area contributed by atoms with Crippen LogP contribution in [0.15, 0.2) is 0 Å². The van der Waals surface area contributed by atoms with Gasteiger partial charge in [-0.2, -0.15) is 0 Å². The molecule has 2 amide bonds. The number of Topliss-reactive ketones (excluding diaryl/α,β-unsaturated/α-hetero) is 1. The number of hydrogen-bond donors (Lipinski definition) is 2. The quantitative estimate of drug-likeness (QED) is 0.455. The van der Waals surface area contributed by atoms with E-state index in [4.69, 9.17) is 0 Å². The van der Waals surface area contributed by atoms with Crippen LogP contribution in [0.2, 0.25) is 0 Å². The lowest BCUT2D eigenvalue weighted by Crippen LogP contribution is -2.40. The van der Waals surface area contributed by atoms with Gasteiger partial charge in [-0.3, -0.25) is 14.4 Å². The summed E-state index contributed by atoms with van der Waals surface area (Å²) in [6.45, 7) is 4.55. The number of unbranched alkanes of at least 4 members (excludes halogenated alkanes) is 3. The van der Waals surface area contributed by atoms with Crippen LogP contribution in [0.3, 0.4) is 0 Å². The molecule has 0 radical (unpaired) electrons. The second-order valence-corrected chi connectivity index (χ2v) is 4.27. The van der Waals surface area contributed by atoms with Crippen molar-refractivity contribution in [2.24, 2.45) is 0 Å². The van der Waals surface area contributed by atoms with Crippen LogP contribution < -0.4 is 10.6 Å². The van der Waals surface area contributed by atoms with Gasteiger partial charge in [-0.25, -0.2) is 0 Å². The van der Waals surface area contributed by atoms with Crippen LogP contribution in [0.1, 0.15) is 52.4 Å². The molecule has 0 heterocycles. The molecule has 0 aliphatic carbocycles. The Hall–Kier alpha value is -1.39. The van der Waals surface area contributed by atoms with Crippen LogP contribution in [0.4, 0.5) is 0 Å². The van der Waals surface area contributed by atoms with Crippen molar-refractivity contribution in [1.82, 2.24) is 10.6 Å². The molecule has 0 rings (SSSR count). The van der Waals surface area contributed by atoms with E-state index in [1.54, 1.807) is 0 Å². The van der Waals surface area contributed by atoms with Gasteiger partial charge in [0.1, 0.15) is 0 Å². The zero-order valence-electron chi connectivity index (χ0n) is 11.4. The maximum Gasteiger partial charge on any atom is 0.287 e. The van der Waals surface area contributed by atoms with E-state index in [9.17, 15) is 14.4 Å². The second kappa shape index (κ2) is 10.7. The molecule has 0 unspecified atom stereocenters. The monoisotopic (exact) mass is 256 g/mol. The first-order valence-corrected chi connectivity index (χ1v) is 6.69. The summed E-state index contributed by atoms with van der Waals surface area (Å²) in [4.78, 5) is 33.9. The predicted octanol–water partition coefficient (Wildman–Crippen LogP) is 1.17. The van der Waals surface area contributed by atoms with Crippen molar-refractivity contribution < 1.29 is 14.4 Å². The number of rotatable bonds is 10. The summed E-state index contributed by atoms with van der Waals surface area (Å²) in [5.74, 6) is -1.35. The zero-order valence-corrected chi connectivity index (χ0v) is 11.4. The molecular weight excluding hydrogens is 232 g/mol. The van der Waals surface area contributed by atoms with Gasteiger partial charge in [-0.05, 0) is 12.8 Å². The molecule has 5 heteroatoms. The first kappa shape index (κ1) is 16.6. The third-order valence-electron chi connectivity index (χ3n) is 2.52. The Morgan fingerprint density at radius 2 is 1.56 bits per heavy atom. The van der Waals surface area contributed by atoms with Gasteiger partial charge in [0.15, 0.2) is 0 Å². The van der Waals surface area contributed by atoms with Gasteiger partial charge in [-0.15, -0.1) is 0 Å². The fourth-order valence-corrected chi connectivity index (χ4v) is 1.38. The highest BCUT2D eigenvalue weighted by Gasteiger charge is 2.13. The van der Waals surface area contributed by atoms with Crippen molar-refractivity contribution in [1.29, 1.82) is 0 Å². The van der Waals surface area contributed by atoms with E-state index >= 15 is 0 Å². The number of carbonyl (C=O) groups excluding carboxylic acids is 3. The largest absolute Gasteiger partial charge is 0.355 e. The van der Waals surface area contributed by atoms with Crippen molar-refractivity contribution in [3.8, 4) is 0 Å². The average Bonchev–Trinajstić information content (AvgIpc) is 2.36. The standard InChI is InChI=1S/C13H24N2O3/c1-3-5-7-8-11(16)13(18)15-10-12(17)14-9-6-4-2/h3-10H2,1-2H3,(H,14,17)(H,15,18). The number of ketones is 1. The molecule has 2 N–H and O–H groups in total. The molecule has 104 valence electrons. The smallest absolute Gasteiger partial charge is 0.287 e. The zero-order chi connectivity index (χ0) is 13.8. The highest BCUT2D eigenvalue weighted by atomic mass is 16.2. The molecule has 0 bridgehead atoms. The lowest BCUT2D eigenvalue weighted by molar-refractivity contribution is -0.138. The van der Waals surface area contributed by atoms with E-state index in [0.29, 0.717) is 6.54 Å². The third kappa shape index (κ3) is 8.73. The lowest BCUT2D eigenvalue weighted by Gasteiger charge is -2.05. The Bertz CT molecular complexity index is 277. The van der Waals surface area contributed by atoms with Crippen molar-refractivity contribution >= 4 is 17.6 Å². The van der Waals surface area contributed by atoms with Gasteiger partial charge in [0.2, 0.25) is 11.7 Å². The fraction of sp³-hybridized carbons (Fsp3) is 0.769. The molecule has 0 aliphatic heterocycles. The first-order chi connectivity index (χ1) is 8.61. The SMILES string of the molecule is CCCCCC(=O)C(=O)NCC(=O)NCCCC. The highest BCUT2D eigenvalue weighted by Crippen LogP contribution is 1.99. The van der Waals surface area contributed by atoms with Crippen LogP contribution in [0, 0.1) is 0 Å². The Morgan fingerprint density at radius 3 is 2.17 bits per heavy atom. The molecular formula is C13H24N2O3. The number of amides is 2. The molecule has 5 nitrogen and oxygen atoms in total. The van der Waals surface area contributed by atoms with Crippen LogP contribution in [0.25, 0.3) is 0 Å². The summed E-state index contributed by atoms with van der Waals surface area (Å²) >= 11 is 0. The minimum atomic E-state index is -0.656. The van der Waals surface area contributed by atoms with E-state index in [2.05, 4.69) is 10.6 Å². The molecule has 0 saturated carbocycles. The number of hydrogen-bond acceptors (Lipinski definition) is 3.